The second-order valence-electron chi connectivity index (χ2n) is 7.17. The lowest BCUT2D eigenvalue weighted by molar-refractivity contribution is 0.0601. The first-order valence-electron chi connectivity index (χ1n) is 9.62. The zero-order valence-electron chi connectivity index (χ0n) is 19.3. The smallest absolute Gasteiger partial charge is 0.340 e. The number of carbonyl (C=O) groups excluding carboxylic acids is 1. The fourth-order valence-electron chi connectivity index (χ4n) is 3.64. The molecule has 2 aromatic carbocycles. The number of hydrogen-bond donors (Lipinski definition) is 1. The van der Waals surface area contributed by atoms with Crippen LogP contribution < -0.4 is 24.6 Å². The molecular formula is C21H25N3O8S. The van der Waals surface area contributed by atoms with Gasteiger partial charge in [-0.25, -0.2) is 18.0 Å². The van der Waals surface area contributed by atoms with Gasteiger partial charge in [-0.15, -0.1) is 0 Å². The number of fused-ring (bicyclic) bond motifs is 1. The summed E-state index contributed by atoms with van der Waals surface area (Å²) >= 11 is 0. The molecule has 0 amide bonds. The minimum Gasteiger partial charge on any atom is -0.493 e. The maximum Gasteiger partial charge on any atom is 0.340 e. The van der Waals surface area contributed by atoms with Gasteiger partial charge < -0.3 is 18.9 Å². The highest BCUT2D eigenvalue weighted by Crippen LogP contribution is 2.46. The molecule has 178 valence electrons. The number of methoxy groups -OCH3 is 4. The molecule has 0 bridgehead atoms. The number of imidazole rings is 1. The first kappa shape index (κ1) is 24.0. The van der Waals surface area contributed by atoms with Crippen molar-refractivity contribution in [2.45, 2.75) is 11.8 Å². The van der Waals surface area contributed by atoms with E-state index in [9.17, 15) is 18.0 Å². The van der Waals surface area contributed by atoms with Crippen LogP contribution in [0.1, 0.15) is 15.9 Å². The van der Waals surface area contributed by atoms with Crippen LogP contribution in [0, 0.1) is 6.92 Å². The van der Waals surface area contributed by atoms with Gasteiger partial charge >= 0.3 is 11.7 Å². The van der Waals surface area contributed by atoms with Crippen LogP contribution in [0.15, 0.2) is 27.9 Å². The van der Waals surface area contributed by atoms with Gasteiger partial charge in [0.15, 0.2) is 11.5 Å². The number of aryl methyl sites for hydroxylation is 3. The lowest BCUT2D eigenvalue weighted by Gasteiger charge is -2.20. The van der Waals surface area contributed by atoms with Crippen molar-refractivity contribution >= 4 is 32.7 Å². The van der Waals surface area contributed by atoms with E-state index in [2.05, 4.69) is 4.72 Å². The van der Waals surface area contributed by atoms with Crippen molar-refractivity contribution in [2.24, 2.45) is 14.1 Å². The highest BCUT2D eigenvalue weighted by molar-refractivity contribution is 7.92. The van der Waals surface area contributed by atoms with Crippen LogP contribution in [0.2, 0.25) is 0 Å². The van der Waals surface area contributed by atoms with Crippen molar-refractivity contribution < 1.29 is 32.2 Å². The third kappa shape index (κ3) is 3.86. The van der Waals surface area contributed by atoms with Crippen LogP contribution in [0.3, 0.4) is 0 Å². The maximum atomic E-state index is 13.5. The first-order valence-corrected chi connectivity index (χ1v) is 11.1. The second kappa shape index (κ2) is 8.70. The normalized spacial score (nSPS) is 11.4. The third-order valence-electron chi connectivity index (χ3n) is 5.33. The molecule has 0 atom stereocenters. The van der Waals surface area contributed by atoms with E-state index in [1.165, 1.54) is 42.6 Å². The molecule has 33 heavy (non-hydrogen) atoms. The van der Waals surface area contributed by atoms with Gasteiger partial charge in [0.2, 0.25) is 5.75 Å². The molecule has 0 spiro atoms. The molecule has 1 heterocycles. The standard InChI is InChI=1S/C21H25N3O8S/c1-11-8-13-14(24(3)21(26)23(13)2)10-16(11)33(27,28)22-17-12(20(25)32-7)9-15(29-4)18(30-5)19(17)31-6/h8-10,22H,1-7H3. The number of anilines is 1. The summed E-state index contributed by atoms with van der Waals surface area (Å²) in [6.07, 6.45) is 0. The second-order valence-corrected chi connectivity index (χ2v) is 8.82. The Hall–Kier alpha value is -3.67. The van der Waals surface area contributed by atoms with E-state index in [0.717, 1.165) is 7.11 Å². The minimum absolute atomic E-state index is 0.0633. The Bertz CT molecular complexity index is 1420. The number of esters is 1. The predicted octanol–water partition coefficient (Wildman–Crippen LogP) is 1.80. The Morgan fingerprint density at radius 1 is 0.909 bits per heavy atom. The van der Waals surface area contributed by atoms with Gasteiger partial charge in [-0.1, -0.05) is 0 Å². The summed E-state index contributed by atoms with van der Waals surface area (Å²) in [4.78, 5) is 24.7. The Balaban J connectivity index is 2.28. The van der Waals surface area contributed by atoms with Crippen molar-refractivity contribution in [3.05, 3.63) is 39.8 Å². The molecule has 1 aromatic heterocycles. The SMILES string of the molecule is COC(=O)c1cc(OC)c(OC)c(OC)c1NS(=O)(=O)c1cc2c(cc1C)n(C)c(=O)n2C. The summed E-state index contributed by atoms with van der Waals surface area (Å²) in [5.41, 5.74) is 0.806. The molecular weight excluding hydrogens is 454 g/mol. The van der Waals surface area contributed by atoms with E-state index in [0.29, 0.717) is 16.6 Å². The van der Waals surface area contributed by atoms with Gasteiger partial charge in [-0.05, 0) is 24.6 Å². The number of benzene rings is 2. The zero-order valence-corrected chi connectivity index (χ0v) is 20.1. The zero-order chi connectivity index (χ0) is 24.7. The monoisotopic (exact) mass is 479 g/mol. The number of nitrogens with zero attached hydrogens (tertiary/aromatic N) is 2. The molecule has 0 saturated heterocycles. The molecule has 1 N–H and O–H groups in total. The van der Waals surface area contributed by atoms with Crippen molar-refractivity contribution in [1.82, 2.24) is 9.13 Å². The quantitative estimate of drug-likeness (QED) is 0.508. The van der Waals surface area contributed by atoms with Crippen LogP contribution in [0.5, 0.6) is 17.2 Å². The molecule has 0 unspecified atom stereocenters. The van der Waals surface area contributed by atoms with Gasteiger partial charge in [0.1, 0.15) is 5.69 Å². The van der Waals surface area contributed by atoms with Crippen molar-refractivity contribution in [3.8, 4) is 17.2 Å². The fraction of sp³-hybridized carbons (Fsp3) is 0.333. The van der Waals surface area contributed by atoms with Crippen molar-refractivity contribution in [2.75, 3.05) is 33.2 Å². The number of aromatic nitrogens is 2. The van der Waals surface area contributed by atoms with E-state index in [-0.39, 0.29) is 39.1 Å². The molecule has 11 nitrogen and oxygen atoms in total. The Labute approximate surface area is 190 Å². The average molecular weight is 480 g/mol. The van der Waals surface area contributed by atoms with Gasteiger partial charge in [0.05, 0.1) is 49.9 Å². The van der Waals surface area contributed by atoms with E-state index >= 15 is 0 Å². The van der Waals surface area contributed by atoms with Crippen LogP contribution >= 0.6 is 0 Å². The highest BCUT2D eigenvalue weighted by Gasteiger charge is 2.29. The number of sulfonamides is 1. The van der Waals surface area contributed by atoms with E-state index in [4.69, 9.17) is 18.9 Å². The number of rotatable bonds is 7. The largest absolute Gasteiger partial charge is 0.493 e. The molecule has 0 aliphatic rings. The number of nitrogens with one attached hydrogen (secondary N) is 1. The molecule has 3 aromatic rings. The predicted molar refractivity (Wildman–Crippen MR) is 121 cm³/mol. The van der Waals surface area contributed by atoms with Crippen molar-refractivity contribution in [1.29, 1.82) is 0 Å². The molecule has 12 heteroatoms. The van der Waals surface area contributed by atoms with Gasteiger partial charge in [0.25, 0.3) is 10.0 Å². The lowest BCUT2D eigenvalue weighted by atomic mass is 10.1. The molecule has 0 fully saturated rings. The van der Waals surface area contributed by atoms with Crippen LogP contribution in [-0.4, -0.2) is 52.0 Å². The van der Waals surface area contributed by atoms with Gasteiger partial charge in [-0.3, -0.25) is 13.9 Å². The van der Waals surface area contributed by atoms with Crippen LogP contribution in [0.4, 0.5) is 5.69 Å². The minimum atomic E-state index is -4.26. The summed E-state index contributed by atoms with van der Waals surface area (Å²) in [5, 5.41) is 0. The summed E-state index contributed by atoms with van der Waals surface area (Å²) < 4.78 is 52.9. The van der Waals surface area contributed by atoms with E-state index < -0.39 is 16.0 Å². The maximum absolute atomic E-state index is 13.5. The van der Waals surface area contributed by atoms with Gasteiger partial charge in [0, 0.05) is 20.2 Å². The van der Waals surface area contributed by atoms with Crippen LogP contribution in [0.25, 0.3) is 11.0 Å². The van der Waals surface area contributed by atoms with Crippen LogP contribution in [-0.2, 0) is 28.9 Å². The Morgan fingerprint density at radius 2 is 1.48 bits per heavy atom. The molecule has 0 saturated carbocycles. The fourth-order valence-corrected chi connectivity index (χ4v) is 4.97. The topological polar surface area (TPSA) is 127 Å². The number of carbonyl (C=O) groups is 1. The molecule has 0 aliphatic carbocycles. The first-order chi connectivity index (χ1) is 15.5. The molecule has 0 radical (unpaired) electrons. The number of ether oxygens (including phenoxy) is 4. The summed E-state index contributed by atoms with van der Waals surface area (Å²) in [6, 6.07) is 4.31. The van der Waals surface area contributed by atoms with E-state index in [1.54, 1.807) is 27.1 Å². The summed E-state index contributed by atoms with van der Waals surface area (Å²) in [5.74, 6) is -0.645. The Morgan fingerprint density at radius 3 is 2.00 bits per heavy atom. The molecule has 0 aliphatic heterocycles. The van der Waals surface area contributed by atoms with E-state index in [1.807, 2.05) is 0 Å². The average Bonchev–Trinajstić information content (AvgIpc) is 3.00. The lowest BCUT2D eigenvalue weighted by Crippen LogP contribution is -2.19. The molecule has 3 rings (SSSR count). The van der Waals surface area contributed by atoms with Crippen molar-refractivity contribution in [3.63, 3.8) is 0 Å². The number of hydrogen-bond acceptors (Lipinski definition) is 8. The van der Waals surface area contributed by atoms with Gasteiger partial charge in [-0.2, -0.15) is 0 Å². The Kier molecular flexibility index (Phi) is 6.32. The third-order valence-corrected chi connectivity index (χ3v) is 6.82. The summed E-state index contributed by atoms with van der Waals surface area (Å²) in [6.45, 7) is 1.61. The highest BCUT2D eigenvalue weighted by atomic mass is 32.2. The summed E-state index contributed by atoms with van der Waals surface area (Å²) in [7, 11) is 4.08.